The SMILES string of the molecule is Brc1csc(NCC2CCC2)n1. The molecule has 0 unspecified atom stereocenters. The van der Waals surface area contributed by atoms with Gasteiger partial charge in [-0.3, -0.25) is 0 Å². The third-order valence-corrected chi connectivity index (χ3v) is 3.75. The molecule has 1 aromatic rings. The van der Waals surface area contributed by atoms with Crippen molar-refractivity contribution in [2.24, 2.45) is 5.92 Å². The molecule has 1 aromatic heterocycles. The molecule has 1 aliphatic rings. The molecule has 0 saturated heterocycles. The molecule has 1 saturated carbocycles. The number of anilines is 1. The van der Waals surface area contributed by atoms with Gasteiger partial charge in [0.25, 0.3) is 0 Å². The molecule has 0 aromatic carbocycles. The van der Waals surface area contributed by atoms with Gasteiger partial charge >= 0.3 is 0 Å². The van der Waals surface area contributed by atoms with E-state index in [9.17, 15) is 0 Å². The van der Waals surface area contributed by atoms with E-state index in [1.807, 2.05) is 5.38 Å². The molecule has 2 nitrogen and oxygen atoms in total. The van der Waals surface area contributed by atoms with E-state index >= 15 is 0 Å². The summed E-state index contributed by atoms with van der Waals surface area (Å²) in [5.41, 5.74) is 0. The van der Waals surface area contributed by atoms with E-state index in [2.05, 4.69) is 26.2 Å². The van der Waals surface area contributed by atoms with E-state index in [1.54, 1.807) is 11.3 Å². The van der Waals surface area contributed by atoms with E-state index in [0.29, 0.717) is 0 Å². The Balaban J connectivity index is 1.79. The van der Waals surface area contributed by atoms with Crippen LogP contribution in [0.15, 0.2) is 9.98 Å². The number of nitrogens with zero attached hydrogens (tertiary/aromatic N) is 1. The summed E-state index contributed by atoms with van der Waals surface area (Å²) in [7, 11) is 0. The quantitative estimate of drug-likeness (QED) is 0.887. The Morgan fingerprint density at radius 2 is 2.50 bits per heavy atom. The molecule has 2 rings (SSSR count). The average Bonchev–Trinajstić information content (AvgIpc) is 2.32. The molecule has 0 amide bonds. The number of hydrogen-bond acceptors (Lipinski definition) is 3. The first kappa shape index (κ1) is 8.51. The maximum Gasteiger partial charge on any atom is 0.183 e. The number of thiazole rings is 1. The van der Waals surface area contributed by atoms with Gasteiger partial charge in [0.2, 0.25) is 0 Å². The summed E-state index contributed by atoms with van der Waals surface area (Å²) in [6.07, 6.45) is 4.19. The van der Waals surface area contributed by atoms with Gasteiger partial charge in [-0.15, -0.1) is 11.3 Å². The van der Waals surface area contributed by atoms with Gasteiger partial charge in [-0.25, -0.2) is 4.98 Å². The zero-order valence-electron chi connectivity index (χ0n) is 6.72. The van der Waals surface area contributed by atoms with Crippen LogP contribution < -0.4 is 5.32 Å². The van der Waals surface area contributed by atoms with Crippen LogP contribution in [0.1, 0.15) is 19.3 Å². The fourth-order valence-corrected chi connectivity index (χ4v) is 2.42. The van der Waals surface area contributed by atoms with E-state index in [4.69, 9.17) is 0 Å². The van der Waals surface area contributed by atoms with Gasteiger partial charge in [0.15, 0.2) is 5.13 Å². The monoisotopic (exact) mass is 246 g/mol. The molecule has 12 heavy (non-hydrogen) atoms. The number of hydrogen-bond donors (Lipinski definition) is 1. The van der Waals surface area contributed by atoms with Crippen LogP contribution in [0.2, 0.25) is 0 Å². The Morgan fingerprint density at radius 1 is 1.67 bits per heavy atom. The largest absolute Gasteiger partial charge is 0.361 e. The van der Waals surface area contributed by atoms with Gasteiger partial charge in [0.05, 0.1) is 0 Å². The number of halogens is 1. The Kier molecular flexibility index (Phi) is 2.66. The number of rotatable bonds is 3. The predicted octanol–water partition coefficient (Wildman–Crippen LogP) is 3.12. The maximum atomic E-state index is 4.27. The molecule has 1 heterocycles. The van der Waals surface area contributed by atoms with E-state index in [0.717, 1.165) is 22.2 Å². The summed E-state index contributed by atoms with van der Waals surface area (Å²) in [5, 5.41) is 6.38. The smallest absolute Gasteiger partial charge is 0.183 e. The lowest BCUT2D eigenvalue weighted by Crippen LogP contribution is -2.20. The Labute approximate surface area is 84.5 Å². The predicted molar refractivity (Wildman–Crippen MR) is 55.6 cm³/mol. The molecule has 1 fully saturated rings. The van der Waals surface area contributed by atoms with E-state index in [-0.39, 0.29) is 0 Å². The fraction of sp³-hybridized carbons (Fsp3) is 0.625. The van der Waals surface area contributed by atoms with Crippen LogP contribution in [0.3, 0.4) is 0 Å². The van der Waals surface area contributed by atoms with E-state index in [1.165, 1.54) is 19.3 Å². The summed E-state index contributed by atoms with van der Waals surface area (Å²) >= 11 is 4.99. The third kappa shape index (κ3) is 1.98. The molecule has 0 spiro atoms. The standard InChI is InChI=1S/C8H11BrN2S/c9-7-5-12-8(11-7)10-4-6-2-1-3-6/h5-6H,1-4H2,(H,10,11). The van der Waals surface area contributed by atoms with Gasteiger partial charge in [-0.05, 0) is 34.7 Å². The molecule has 1 N–H and O–H groups in total. The minimum atomic E-state index is 0.896. The van der Waals surface area contributed by atoms with Gasteiger partial charge in [0.1, 0.15) is 4.60 Å². The van der Waals surface area contributed by atoms with Gasteiger partial charge in [-0.1, -0.05) is 6.42 Å². The molecular weight excluding hydrogens is 236 g/mol. The van der Waals surface area contributed by atoms with Crippen LogP contribution in [0.25, 0.3) is 0 Å². The summed E-state index contributed by atoms with van der Waals surface area (Å²) in [6.45, 7) is 1.10. The van der Waals surface area contributed by atoms with Crippen molar-refractivity contribution in [1.82, 2.24) is 4.98 Å². The molecule has 66 valence electrons. The second-order valence-electron chi connectivity index (χ2n) is 3.15. The minimum absolute atomic E-state index is 0.896. The van der Waals surface area contributed by atoms with Crippen LogP contribution in [0, 0.1) is 5.92 Å². The Morgan fingerprint density at radius 3 is 3.00 bits per heavy atom. The van der Waals surface area contributed by atoms with Gasteiger partial charge in [-0.2, -0.15) is 0 Å². The lowest BCUT2D eigenvalue weighted by atomic mass is 9.86. The highest BCUT2D eigenvalue weighted by Gasteiger charge is 2.16. The molecular formula is C8H11BrN2S. The summed E-state index contributed by atoms with van der Waals surface area (Å²) in [6, 6.07) is 0. The van der Waals surface area contributed by atoms with Crippen LogP contribution in [0.5, 0.6) is 0 Å². The van der Waals surface area contributed by atoms with Crippen molar-refractivity contribution in [3.05, 3.63) is 9.98 Å². The van der Waals surface area contributed by atoms with Crippen molar-refractivity contribution >= 4 is 32.4 Å². The zero-order chi connectivity index (χ0) is 8.39. The van der Waals surface area contributed by atoms with Crippen molar-refractivity contribution in [3.8, 4) is 0 Å². The maximum absolute atomic E-state index is 4.27. The first-order chi connectivity index (χ1) is 5.84. The highest BCUT2D eigenvalue weighted by atomic mass is 79.9. The molecule has 1 aliphatic carbocycles. The second-order valence-corrected chi connectivity index (χ2v) is 4.82. The normalized spacial score (nSPS) is 17.4. The highest BCUT2D eigenvalue weighted by molar-refractivity contribution is 9.10. The second kappa shape index (κ2) is 3.75. The molecule has 0 bridgehead atoms. The fourth-order valence-electron chi connectivity index (χ4n) is 1.26. The molecule has 0 radical (unpaired) electrons. The molecule has 4 heteroatoms. The van der Waals surface area contributed by atoms with Crippen LogP contribution in [0.4, 0.5) is 5.13 Å². The summed E-state index contributed by atoms with van der Waals surface area (Å²) < 4.78 is 0.934. The van der Waals surface area contributed by atoms with Crippen molar-refractivity contribution in [2.75, 3.05) is 11.9 Å². The Bertz CT molecular complexity index is 257. The van der Waals surface area contributed by atoms with E-state index < -0.39 is 0 Å². The van der Waals surface area contributed by atoms with Crippen molar-refractivity contribution in [2.45, 2.75) is 19.3 Å². The van der Waals surface area contributed by atoms with Crippen molar-refractivity contribution < 1.29 is 0 Å². The van der Waals surface area contributed by atoms with Gasteiger partial charge in [0, 0.05) is 11.9 Å². The van der Waals surface area contributed by atoms with Crippen LogP contribution in [-0.2, 0) is 0 Å². The highest BCUT2D eigenvalue weighted by Crippen LogP contribution is 2.27. The minimum Gasteiger partial charge on any atom is -0.361 e. The summed E-state index contributed by atoms with van der Waals surface area (Å²) in [4.78, 5) is 4.27. The first-order valence-electron chi connectivity index (χ1n) is 4.19. The first-order valence-corrected chi connectivity index (χ1v) is 5.87. The third-order valence-electron chi connectivity index (χ3n) is 2.24. The van der Waals surface area contributed by atoms with Gasteiger partial charge < -0.3 is 5.32 Å². The average molecular weight is 247 g/mol. The topological polar surface area (TPSA) is 24.9 Å². The van der Waals surface area contributed by atoms with Crippen molar-refractivity contribution in [1.29, 1.82) is 0 Å². The lowest BCUT2D eigenvalue weighted by Gasteiger charge is -2.25. The molecule has 0 atom stereocenters. The van der Waals surface area contributed by atoms with Crippen LogP contribution >= 0.6 is 27.3 Å². The zero-order valence-corrected chi connectivity index (χ0v) is 9.12. The lowest BCUT2D eigenvalue weighted by molar-refractivity contribution is 0.333. The summed E-state index contributed by atoms with van der Waals surface area (Å²) in [5.74, 6) is 0.896. The van der Waals surface area contributed by atoms with Crippen LogP contribution in [-0.4, -0.2) is 11.5 Å². The number of nitrogens with one attached hydrogen (secondary N) is 1. The molecule has 0 aliphatic heterocycles. The number of aromatic nitrogens is 1. The van der Waals surface area contributed by atoms with Crippen molar-refractivity contribution in [3.63, 3.8) is 0 Å². The Hall–Kier alpha value is -0.0900.